The lowest BCUT2D eigenvalue weighted by atomic mass is 9.80. The van der Waals surface area contributed by atoms with Crippen molar-refractivity contribution in [3.8, 4) is 45.3 Å². The average Bonchev–Trinajstić information content (AvgIpc) is 3.54. The van der Waals surface area contributed by atoms with Crippen molar-refractivity contribution in [2.45, 2.75) is 36.4 Å². The number of aromatic nitrogens is 2. The van der Waals surface area contributed by atoms with Crippen LogP contribution in [0.15, 0.2) is 180 Å². The van der Waals surface area contributed by atoms with Crippen molar-refractivity contribution in [2.24, 2.45) is 0 Å². The van der Waals surface area contributed by atoms with Crippen LogP contribution in [0.2, 0.25) is 5.15 Å². The molecule has 2 heterocycles. The van der Waals surface area contributed by atoms with Crippen molar-refractivity contribution in [3.05, 3.63) is 186 Å². The average molecular weight is 1190 g/mol. The fraction of sp³-hybridized carbons (Fsp3) is 0.143. The Balaban J connectivity index is 0.000000221. The predicted molar refractivity (Wildman–Crippen MR) is 301 cm³/mol. The number of pyridine rings is 2. The van der Waals surface area contributed by atoms with Crippen molar-refractivity contribution < 1.29 is 72.3 Å². The van der Waals surface area contributed by atoms with Gasteiger partial charge in [0.2, 0.25) is 0 Å². The van der Waals surface area contributed by atoms with E-state index in [2.05, 4.69) is 35.7 Å². The van der Waals surface area contributed by atoms with Gasteiger partial charge in [0.1, 0.15) is 16.7 Å². The molecule has 0 aliphatic rings. The summed E-state index contributed by atoms with van der Waals surface area (Å²) in [5.41, 5.74) is 6.57. The first-order valence-corrected chi connectivity index (χ1v) is 28.4. The van der Waals surface area contributed by atoms with Crippen molar-refractivity contribution in [1.29, 1.82) is 0 Å². The number of halogens is 7. The molecule has 0 atom stereocenters. The summed E-state index contributed by atoms with van der Waals surface area (Å²) in [5, 5.41) is 29.5. The number of hydrogen-bond donors (Lipinski definition) is 6. The summed E-state index contributed by atoms with van der Waals surface area (Å²) in [6.45, 7) is 4.63. The summed E-state index contributed by atoms with van der Waals surface area (Å²) >= 11 is 6.14. The van der Waals surface area contributed by atoms with E-state index >= 15 is 0 Å². The molecule has 8 rings (SSSR count). The number of amides is 2. The number of hydrogen-bond acceptors (Lipinski definition) is 14. The van der Waals surface area contributed by atoms with Gasteiger partial charge in [-0.05, 0) is 141 Å². The second-order valence-electron chi connectivity index (χ2n) is 17.5. The molecule has 6 N–H and O–H groups in total. The molecule has 0 fully saturated rings. The van der Waals surface area contributed by atoms with E-state index in [1.54, 1.807) is 84.9 Å². The standard InChI is InChI=1S/C28H24F3N3O4S.C21H17ClF3N3O2.C7H9BO4S/c1-3-32-27(35)20-8-4-6-18(14-20)25-16-22(33-21-10-12-23(13-11-21)38-28(29,30)31)17-26(34-25)19-7-5-9-24(15-19)39(2,36)37;1-2-26-20(29)14-5-3-4-13(10-14)18-11-16(12-19(22)28-18)27-15-6-8-17(9-7-15)30-21(23,24)25;1-13(11,12)7-4-2-3-6(5-7)8(9)10/h4-17H,3H2,1-2H3,(H,32,35)(H,33,34);3-12H,2H2,1H3,(H,26,29)(H,27,28);2-5,9-10H,1H3. The first-order chi connectivity index (χ1) is 38.5. The van der Waals surface area contributed by atoms with E-state index in [9.17, 15) is 52.8 Å². The third-order valence-electron chi connectivity index (χ3n) is 11.0. The van der Waals surface area contributed by atoms with E-state index in [-0.39, 0.29) is 43.7 Å². The third-order valence-corrected chi connectivity index (χ3v) is 13.4. The van der Waals surface area contributed by atoms with Crippen molar-refractivity contribution in [2.75, 3.05) is 36.2 Å². The molecule has 6 aromatic carbocycles. The zero-order valence-electron chi connectivity index (χ0n) is 43.7. The lowest BCUT2D eigenvalue weighted by Crippen LogP contribution is -2.30. The number of ether oxygens (including phenoxy) is 2. The molecular formula is C56H50BClF6N6O10S2. The molecule has 0 aliphatic heterocycles. The summed E-state index contributed by atoms with van der Waals surface area (Å²) in [4.78, 5) is 33.7. The smallest absolute Gasteiger partial charge is 0.423 e. The predicted octanol–water partition coefficient (Wildman–Crippen LogP) is 10.8. The summed E-state index contributed by atoms with van der Waals surface area (Å²) in [7, 11) is -8.39. The Hall–Kier alpha value is -8.49. The van der Waals surface area contributed by atoms with E-state index in [0.29, 0.717) is 80.7 Å². The second kappa shape index (κ2) is 27.3. The zero-order chi connectivity index (χ0) is 60.0. The van der Waals surface area contributed by atoms with Crippen LogP contribution in [0.4, 0.5) is 49.1 Å². The van der Waals surface area contributed by atoms with Crippen LogP contribution in [0.25, 0.3) is 33.8 Å². The van der Waals surface area contributed by atoms with Crippen LogP contribution in [0.1, 0.15) is 34.6 Å². The van der Waals surface area contributed by atoms with Crippen LogP contribution in [0.5, 0.6) is 11.5 Å². The molecule has 0 aliphatic carbocycles. The number of carbonyl (C=O) groups excluding carboxylic acids is 2. The van der Waals surface area contributed by atoms with Gasteiger partial charge in [0.05, 0.1) is 26.9 Å². The van der Waals surface area contributed by atoms with Gasteiger partial charge in [0.15, 0.2) is 19.7 Å². The Morgan fingerprint density at radius 2 is 0.890 bits per heavy atom. The molecule has 8 aromatic rings. The highest BCUT2D eigenvalue weighted by molar-refractivity contribution is 7.91. The van der Waals surface area contributed by atoms with Gasteiger partial charge in [-0.15, -0.1) is 26.3 Å². The molecule has 0 spiro atoms. The highest BCUT2D eigenvalue weighted by Crippen LogP contribution is 2.33. The highest BCUT2D eigenvalue weighted by Gasteiger charge is 2.32. The van der Waals surface area contributed by atoms with Crippen LogP contribution in [0.3, 0.4) is 0 Å². The molecule has 2 aromatic heterocycles. The first kappa shape index (κ1) is 62.7. The van der Waals surface area contributed by atoms with Gasteiger partial charge in [0.25, 0.3) is 11.8 Å². The summed E-state index contributed by atoms with van der Waals surface area (Å²) in [5.74, 6) is -1.11. The minimum atomic E-state index is -4.80. The van der Waals surface area contributed by atoms with E-state index in [1.165, 1.54) is 84.9 Å². The number of alkyl halides is 6. The molecule has 82 heavy (non-hydrogen) atoms. The molecule has 0 saturated heterocycles. The number of nitrogens with one attached hydrogen (secondary N) is 4. The number of benzene rings is 6. The normalized spacial score (nSPS) is 11.4. The molecule has 0 saturated carbocycles. The van der Waals surface area contributed by atoms with Crippen LogP contribution in [-0.4, -0.2) is 94.1 Å². The van der Waals surface area contributed by atoms with E-state index < -0.39 is 39.5 Å². The minimum absolute atomic E-state index is 0.0816. The first-order valence-electron chi connectivity index (χ1n) is 24.2. The third kappa shape index (κ3) is 19.4. The Kier molecular flexibility index (Phi) is 20.9. The maximum Gasteiger partial charge on any atom is 0.573 e. The topological polar surface area (TPSA) is 235 Å². The van der Waals surface area contributed by atoms with Gasteiger partial charge in [-0.1, -0.05) is 60.1 Å². The molecule has 0 radical (unpaired) electrons. The number of rotatable bonds is 16. The number of nitrogens with zero attached hydrogens (tertiary/aromatic N) is 2. The van der Waals surface area contributed by atoms with E-state index in [0.717, 1.165) is 12.5 Å². The quantitative estimate of drug-likeness (QED) is 0.0300. The summed E-state index contributed by atoms with van der Waals surface area (Å²) in [6, 6.07) is 43.0. The van der Waals surface area contributed by atoms with Crippen molar-refractivity contribution in [3.63, 3.8) is 0 Å². The summed E-state index contributed by atoms with van der Waals surface area (Å²) < 4.78 is 129. The van der Waals surface area contributed by atoms with Gasteiger partial charge in [0, 0.05) is 76.2 Å². The van der Waals surface area contributed by atoms with Crippen LogP contribution in [-0.2, 0) is 19.7 Å². The maximum absolute atomic E-state index is 12.5. The van der Waals surface area contributed by atoms with Crippen molar-refractivity contribution in [1.82, 2.24) is 20.6 Å². The Morgan fingerprint density at radius 1 is 0.512 bits per heavy atom. The second-order valence-corrected chi connectivity index (χ2v) is 21.9. The van der Waals surface area contributed by atoms with Gasteiger partial charge in [-0.2, -0.15) is 0 Å². The van der Waals surface area contributed by atoms with Gasteiger partial charge in [-0.3, -0.25) is 9.59 Å². The van der Waals surface area contributed by atoms with Crippen LogP contribution in [0, 0.1) is 0 Å². The van der Waals surface area contributed by atoms with Crippen LogP contribution >= 0.6 is 11.6 Å². The van der Waals surface area contributed by atoms with Gasteiger partial charge < -0.3 is 40.8 Å². The minimum Gasteiger partial charge on any atom is -0.423 e. The maximum atomic E-state index is 12.5. The zero-order valence-corrected chi connectivity index (χ0v) is 46.1. The largest absolute Gasteiger partial charge is 0.573 e. The van der Waals surface area contributed by atoms with Gasteiger partial charge in [-0.25, -0.2) is 26.8 Å². The fourth-order valence-corrected chi connectivity index (χ4v) is 8.94. The summed E-state index contributed by atoms with van der Waals surface area (Å²) in [6.07, 6.45) is -7.37. The Labute approximate surface area is 473 Å². The lowest BCUT2D eigenvalue weighted by molar-refractivity contribution is -0.275. The monoisotopic (exact) mass is 1190 g/mol. The fourth-order valence-electron chi connectivity index (χ4n) is 7.39. The number of sulfone groups is 2. The molecule has 26 heteroatoms. The van der Waals surface area contributed by atoms with E-state index in [4.69, 9.17) is 26.6 Å². The molecule has 2 amide bonds. The lowest BCUT2D eigenvalue weighted by Gasteiger charge is -2.14. The van der Waals surface area contributed by atoms with Gasteiger partial charge >= 0.3 is 19.8 Å². The SMILES string of the molecule is CCNC(=O)c1cccc(-c2cc(Nc3ccc(OC(F)(F)F)cc3)cc(-c3cccc(S(C)(=O)=O)c3)n2)c1.CCNC(=O)c1cccc(-c2cc(Nc3ccc(OC(F)(F)F)cc3)cc(Cl)n2)c1.CS(=O)(=O)c1cccc(B(O)O)c1. The molecule has 0 unspecified atom stereocenters. The van der Waals surface area contributed by atoms with E-state index in [1.807, 2.05) is 13.8 Å². The number of anilines is 4. The number of carbonyl (C=O) groups is 2. The molecule has 428 valence electrons. The Bertz CT molecular complexity index is 3770. The molecule has 16 nitrogen and oxygen atoms in total. The Morgan fingerprint density at radius 3 is 1.29 bits per heavy atom. The van der Waals surface area contributed by atoms with Crippen molar-refractivity contribution >= 4 is 78.4 Å². The van der Waals surface area contributed by atoms with Crippen LogP contribution < -0.4 is 36.2 Å². The molecular weight excluding hydrogens is 1140 g/mol. The highest BCUT2D eigenvalue weighted by atomic mass is 35.5. The molecule has 0 bridgehead atoms.